The minimum Gasteiger partial charge on any atom is -0.462 e. The molecule has 0 aromatic heterocycles. The smallest absolute Gasteiger partial charge is 0.350 e. The van der Waals surface area contributed by atoms with Crippen LogP contribution in [-0.2, 0) is 9.53 Å². The number of nitriles is 1. The van der Waals surface area contributed by atoms with Crippen molar-refractivity contribution in [1.82, 2.24) is 0 Å². The third kappa shape index (κ3) is 4.83. The molecule has 0 aliphatic heterocycles. The number of esters is 1. The summed E-state index contributed by atoms with van der Waals surface area (Å²) >= 11 is 8.50. The van der Waals surface area contributed by atoms with Crippen molar-refractivity contribution in [3.63, 3.8) is 0 Å². The van der Waals surface area contributed by atoms with Crippen molar-refractivity contribution < 1.29 is 9.53 Å². The molecule has 6 heteroatoms. The van der Waals surface area contributed by atoms with Crippen LogP contribution >= 0.6 is 35.1 Å². The largest absolute Gasteiger partial charge is 0.462 e. The fraction of sp³-hybridized carbons (Fsp3) is 0.231. The highest BCUT2D eigenvalue weighted by Gasteiger charge is 2.17. The van der Waals surface area contributed by atoms with Crippen LogP contribution < -0.4 is 0 Å². The lowest BCUT2D eigenvalue weighted by molar-refractivity contribution is -0.138. The zero-order chi connectivity index (χ0) is 14.3. The molecule has 0 spiro atoms. The van der Waals surface area contributed by atoms with Crippen LogP contribution in [-0.4, -0.2) is 18.8 Å². The van der Waals surface area contributed by atoms with Crippen LogP contribution in [0.15, 0.2) is 39.0 Å². The maximum absolute atomic E-state index is 11.7. The Morgan fingerprint density at radius 2 is 2.05 bits per heavy atom. The van der Waals surface area contributed by atoms with Gasteiger partial charge in [-0.25, -0.2) is 4.79 Å². The molecule has 0 N–H and O–H groups in total. The minimum atomic E-state index is -0.587. The fourth-order valence-electron chi connectivity index (χ4n) is 1.18. The normalized spacial score (nSPS) is 11.5. The van der Waals surface area contributed by atoms with Gasteiger partial charge >= 0.3 is 5.97 Å². The van der Waals surface area contributed by atoms with Gasteiger partial charge < -0.3 is 4.74 Å². The average Bonchev–Trinajstić information content (AvgIpc) is 2.41. The van der Waals surface area contributed by atoms with Gasteiger partial charge in [0.25, 0.3) is 0 Å². The van der Waals surface area contributed by atoms with Gasteiger partial charge in [-0.15, -0.1) is 11.8 Å². The van der Waals surface area contributed by atoms with E-state index < -0.39 is 5.97 Å². The van der Waals surface area contributed by atoms with E-state index in [-0.39, 0.29) is 12.2 Å². The Hall–Kier alpha value is -1.09. The van der Waals surface area contributed by atoms with Gasteiger partial charge in [0.05, 0.1) is 10.8 Å². The molecule has 0 saturated heterocycles. The second-order valence-electron chi connectivity index (χ2n) is 3.25. The molecule has 0 fully saturated rings. The van der Waals surface area contributed by atoms with Gasteiger partial charge in [0.1, 0.15) is 6.07 Å². The van der Waals surface area contributed by atoms with E-state index in [1.165, 1.54) is 23.5 Å². The van der Waals surface area contributed by atoms with Crippen molar-refractivity contribution in [3.8, 4) is 6.07 Å². The van der Waals surface area contributed by atoms with Gasteiger partial charge in [0.15, 0.2) is 5.57 Å². The quantitative estimate of drug-likeness (QED) is 0.354. The van der Waals surface area contributed by atoms with Crippen molar-refractivity contribution in [2.45, 2.75) is 11.8 Å². The van der Waals surface area contributed by atoms with Crippen LogP contribution in [0, 0.1) is 11.3 Å². The van der Waals surface area contributed by atoms with Crippen molar-refractivity contribution >= 4 is 41.1 Å². The first-order valence-electron chi connectivity index (χ1n) is 5.41. The predicted molar refractivity (Wildman–Crippen MR) is 80.1 cm³/mol. The summed E-state index contributed by atoms with van der Waals surface area (Å²) in [4.78, 5) is 12.6. The summed E-state index contributed by atoms with van der Waals surface area (Å²) in [6.07, 6.45) is 1.81. The number of thioether (sulfide) groups is 2. The highest BCUT2D eigenvalue weighted by atomic mass is 35.5. The summed E-state index contributed by atoms with van der Waals surface area (Å²) in [6.45, 7) is 1.95. The lowest BCUT2D eigenvalue weighted by Gasteiger charge is -2.07. The van der Waals surface area contributed by atoms with Crippen LogP contribution in [0.5, 0.6) is 0 Å². The molecule has 0 radical (unpaired) electrons. The second-order valence-corrected chi connectivity index (χ2v) is 5.85. The lowest BCUT2D eigenvalue weighted by atomic mass is 10.3. The third-order valence-electron chi connectivity index (χ3n) is 2.01. The SMILES string of the molecule is CCOC(=O)/C(C#N)=C(\SC)Sc1ccc(Cl)cc1. The summed E-state index contributed by atoms with van der Waals surface area (Å²) in [7, 11) is 0. The first-order valence-corrected chi connectivity index (χ1v) is 7.83. The summed E-state index contributed by atoms with van der Waals surface area (Å²) < 4.78 is 5.48. The van der Waals surface area contributed by atoms with Gasteiger partial charge in [-0.1, -0.05) is 23.4 Å². The summed E-state index contributed by atoms with van der Waals surface area (Å²) in [6, 6.07) is 9.10. The standard InChI is InChI=1S/C13H12ClNO2S2/c1-3-17-12(16)11(8-15)13(18-2)19-10-6-4-9(14)5-7-10/h4-7H,3H2,1-2H3/b13-11+. The number of ether oxygens (including phenoxy) is 1. The van der Waals surface area contributed by atoms with Crippen LogP contribution in [0.4, 0.5) is 0 Å². The maximum Gasteiger partial charge on any atom is 0.350 e. The predicted octanol–water partition coefficient (Wildman–Crippen LogP) is 4.09. The molecule has 0 unspecified atom stereocenters. The Bertz CT molecular complexity index is 520. The molecule has 19 heavy (non-hydrogen) atoms. The Labute approximate surface area is 126 Å². The van der Waals surface area contributed by atoms with E-state index in [9.17, 15) is 4.79 Å². The summed E-state index contributed by atoms with van der Waals surface area (Å²) in [5, 5.41) is 9.73. The van der Waals surface area contributed by atoms with Crippen molar-refractivity contribution in [1.29, 1.82) is 5.26 Å². The molecule has 1 aromatic carbocycles. The number of hydrogen-bond donors (Lipinski definition) is 0. The molecule has 0 amide bonds. The molecule has 0 heterocycles. The first-order chi connectivity index (χ1) is 9.12. The molecule has 1 rings (SSSR count). The Balaban J connectivity index is 3.00. The number of halogens is 1. The van der Waals surface area contributed by atoms with Crippen LogP contribution in [0.3, 0.4) is 0 Å². The van der Waals surface area contributed by atoms with E-state index in [0.717, 1.165) is 4.90 Å². The average molecular weight is 314 g/mol. The van der Waals surface area contributed by atoms with Gasteiger partial charge in [0.2, 0.25) is 0 Å². The van der Waals surface area contributed by atoms with Crippen LogP contribution in [0.25, 0.3) is 0 Å². The zero-order valence-corrected chi connectivity index (χ0v) is 12.9. The van der Waals surface area contributed by atoms with E-state index in [1.54, 1.807) is 19.1 Å². The number of carbonyl (C=O) groups is 1. The van der Waals surface area contributed by atoms with E-state index in [2.05, 4.69) is 0 Å². The first kappa shape index (κ1) is 16.0. The maximum atomic E-state index is 11.7. The third-order valence-corrected chi connectivity index (χ3v) is 4.48. The van der Waals surface area contributed by atoms with Crippen molar-refractivity contribution in [3.05, 3.63) is 39.1 Å². The zero-order valence-electron chi connectivity index (χ0n) is 10.5. The van der Waals surface area contributed by atoms with Crippen molar-refractivity contribution in [2.75, 3.05) is 12.9 Å². The van der Waals surface area contributed by atoms with E-state index in [1.807, 2.05) is 24.5 Å². The number of rotatable bonds is 5. The second kappa shape index (κ2) is 8.16. The minimum absolute atomic E-state index is 0.0364. The van der Waals surface area contributed by atoms with E-state index in [4.69, 9.17) is 21.6 Å². The molecular weight excluding hydrogens is 302 g/mol. The van der Waals surface area contributed by atoms with Gasteiger partial charge in [-0.3, -0.25) is 0 Å². The van der Waals surface area contributed by atoms with E-state index in [0.29, 0.717) is 9.26 Å². The van der Waals surface area contributed by atoms with Gasteiger partial charge in [0, 0.05) is 9.92 Å². The number of nitrogens with zero attached hydrogens (tertiary/aromatic N) is 1. The molecule has 0 aliphatic carbocycles. The molecule has 0 saturated carbocycles. The van der Waals surface area contributed by atoms with Gasteiger partial charge in [-0.2, -0.15) is 5.26 Å². The van der Waals surface area contributed by atoms with Crippen LogP contribution in [0.1, 0.15) is 6.92 Å². The summed E-state index contributed by atoms with van der Waals surface area (Å²) in [5.41, 5.74) is 0.0364. The Morgan fingerprint density at radius 1 is 1.42 bits per heavy atom. The molecule has 0 aliphatic rings. The molecule has 0 bridgehead atoms. The summed E-state index contributed by atoms with van der Waals surface area (Å²) in [5.74, 6) is -0.587. The number of carbonyl (C=O) groups excluding carboxylic acids is 1. The molecule has 100 valence electrons. The van der Waals surface area contributed by atoms with Gasteiger partial charge in [-0.05, 0) is 37.4 Å². The Kier molecular flexibility index (Phi) is 6.85. The molecular formula is C13H12ClNO2S2. The Morgan fingerprint density at radius 3 is 2.53 bits per heavy atom. The van der Waals surface area contributed by atoms with Crippen molar-refractivity contribution in [2.24, 2.45) is 0 Å². The van der Waals surface area contributed by atoms with Crippen LogP contribution in [0.2, 0.25) is 5.02 Å². The highest BCUT2D eigenvalue weighted by molar-refractivity contribution is 8.22. The number of benzene rings is 1. The molecule has 3 nitrogen and oxygen atoms in total. The highest BCUT2D eigenvalue weighted by Crippen LogP contribution is 2.36. The molecule has 1 aromatic rings. The number of hydrogen-bond acceptors (Lipinski definition) is 5. The molecule has 0 atom stereocenters. The lowest BCUT2D eigenvalue weighted by Crippen LogP contribution is -2.07. The fourth-order valence-corrected chi connectivity index (χ4v) is 2.98. The monoisotopic (exact) mass is 313 g/mol. The van der Waals surface area contributed by atoms with E-state index >= 15 is 0 Å². The topological polar surface area (TPSA) is 50.1 Å².